The van der Waals surface area contributed by atoms with Crippen LogP contribution in [0, 0.1) is 0 Å². The minimum atomic E-state index is -0.312. The van der Waals surface area contributed by atoms with Crippen molar-refractivity contribution in [2.45, 2.75) is 45.3 Å². The number of carbonyl (C=O) groups excluding carboxylic acids is 1. The lowest BCUT2D eigenvalue weighted by Gasteiger charge is -2.27. The second kappa shape index (κ2) is 5.53. The highest BCUT2D eigenvalue weighted by atomic mass is 16.5. The van der Waals surface area contributed by atoms with Gasteiger partial charge < -0.3 is 10.1 Å². The summed E-state index contributed by atoms with van der Waals surface area (Å²) in [5.41, 5.74) is 1.37. The summed E-state index contributed by atoms with van der Waals surface area (Å²) in [6, 6.07) is 7.70. The summed E-state index contributed by atoms with van der Waals surface area (Å²) in [7, 11) is 1.64. The van der Waals surface area contributed by atoms with Crippen LogP contribution < -0.4 is 15.4 Å². The van der Waals surface area contributed by atoms with Crippen LogP contribution in [0.2, 0.25) is 0 Å². The molecule has 21 heavy (non-hydrogen) atoms. The van der Waals surface area contributed by atoms with Crippen molar-refractivity contribution in [1.82, 2.24) is 10.6 Å². The summed E-state index contributed by atoms with van der Waals surface area (Å²) in [5.74, 6) is 0.796. The molecule has 0 unspecified atom stereocenters. The number of carbonyl (C=O) groups is 1. The Morgan fingerprint density at radius 1 is 1.19 bits per heavy atom. The summed E-state index contributed by atoms with van der Waals surface area (Å²) in [4.78, 5) is 12.4. The third kappa shape index (κ3) is 3.64. The number of benzene rings is 1. The summed E-state index contributed by atoms with van der Waals surface area (Å²) in [6.45, 7) is 8.70. The molecular formula is C17H24N2O2. The van der Waals surface area contributed by atoms with Gasteiger partial charge in [-0.1, -0.05) is 18.2 Å². The first-order chi connectivity index (χ1) is 9.73. The number of hydrogen-bond donors (Lipinski definition) is 2. The highest BCUT2D eigenvalue weighted by molar-refractivity contribution is 5.96. The molecule has 0 radical (unpaired) electrons. The zero-order valence-electron chi connectivity index (χ0n) is 13.4. The Morgan fingerprint density at radius 2 is 1.81 bits per heavy atom. The van der Waals surface area contributed by atoms with E-state index in [0.29, 0.717) is 6.54 Å². The smallest absolute Gasteiger partial charge is 0.249 e. The van der Waals surface area contributed by atoms with Crippen molar-refractivity contribution in [3.63, 3.8) is 0 Å². The van der Waals surface area contributed by atoms with Crippen molar-refractivity contribution in [2.24, 2.45) is 0 Å². The summed E-state index contributed by atoms with van der Waals surface area (Å²) >= 11 is 0. The van der Waals surface area contributed by atoms with Crippen molar-refractivity contribution < 1.29 is 9.53 Å². The first-order valence-corrected chi connectivity index (χ1v) is 7.17. The predicted octanol–water partition coefficient (Wildman–Crippen LogP) is 2.40. The summed E-state index contributed by atoms with van der Waals surface area (Å²) in [5, 5.41) is 6.43. The molecule has 1 aromatic rings. The van der Waals surface area contributed by atoms with Crippen LogP contribution in [-0.4, -0.2) is 24.1 Å². The fourth-order valence-electron chi connectivity index (χ4n) is 2.82. The zero-order chi connectivity index (χ0) is 15.7. The van der Waals surface area contributed by atoms with Crippen LogP contribution in [0.15, 0.2) is 35.9 Å². The Hall–Kier alpha value is -1.81. The third-order valence-corrected chi connectivity index (χ3v) is 3.67. The van der Waals surface area contributed by atoms with E-state index >= 15 is 0 Å². The van der Waals surface area contributed by atoms with Gasteiger partial charge in [0.15, 0.2) is 0 Å². The standard InChI is InChI=1S/C17H24N2O2/c1-16(2)10-14(17(3,4)19-16)15(20)18-11-12-6-8-13(21-5)9-7-12/h6-10,19H,11H2,1-5H3,(H,18,20). The Morgan fingerprint density at radius 3 is 2.29 bits per heavy atom. The molecule has 1 aromatic carbocycles. The minimum absolute atomic E-state index is 0.0195. The summed E-state index contributed by atoms with van der Waals surface area (Å²) < 4.78 is 5.12. The molecule has 1 aliphatic heterocycles. The first-order valence-electron chi connectivity index (χ1n) is 7.17. The Balaban J connectivity index is 2.01. The fourth-order valence-corrected chi connectivity index (χ4v) is 2.82. The number of hydrogen-bond acceptors (Lipinski definition) is 3. The lowest BCUT2D eigenvalue weighted by Crippen LogP contribution is -2.47. The van der Waals surface area contributed by atoms with Gasteiger partial charge in [0.1, 0.15) is 5.75 Å². The van der Waals surface area contributed by atoms with Crippen molar-refractivity contribution in [3.05, 3.63) is 41.5 Å². The Bertz CT molecular complexity index is 557. The number of amides is 1. The Labute approximate surface area is 126 Å². The molecule has 2 rings (SSSR count). The molecule has 0 aromatic heterocycles. The highest BCUT2D eigenvalue weighted by Crippen LogP contribution is 2.29. The molecular weight excluding hydrogens is 264 g/mol. The van der Waals surface area contributed by atoms with Crippen LogP contribution in [0.4, 0.5) is 0 Å². The number of ether oxygens (including phenoxy) is 1. The molecule has 0 atom stereocenters. The predicted molar refractivity (Wildman–Crippen MR) is 84.2 cm³/mol. The maximum absolute atomic E-state index is 12.4. The van der Waals surface area contributed by atoms with Crippen LogP contribution in [0.1, 0.15) is 33.3 Å². The molecule has 4 heteroatoms. The maximum Gasteiger partial charge on any atom is 0.249 e. The van der Waals surface area contributed by atoms with Crippen molar-refractivity contribution in [2.75, 3.05) is 7.11 Å². The molecule has 0 aliphatic carbocycles. The molecule has 0 bridgehead atoms. The van der Waals surface area contributed by atoms with Crippen LogP contribution >= 0.6 is 0 Å². The van der Waals surface area contributed by atoms with E-state index in [0.717, 1.165) is 16.9 Å². The van der Waals surface area contributed by atoms with E-state index in [1.165, 1.54) is 0 Å². The van der Waals surface area contributed by atoms with Gasteiger partial charge in [0.25, 0.3) is 0 Å². The van der Waals surface area contributed by atoms with Gasteiger partial charge in [-0.15, -0.1) is 0 Å². The molecule has 1 aliphatic rings. The maximum atomic E-state index is 12.4. The van der Waals surface area contributed by atoms with Gasteiger partial charge in [0.2, 0.25) is 5.91 Å². The third-order valence-electron chi connectivity index (χ3n) is 3.67. The monoisotopic (exact) mass is 288 g/mol. The largest absolute Gasteiger partial charge is 0.497 e. The van der Waals surface area contributed by atoms with Gasteiger partial charge in [-0.2, -0.15) is 0 Å². The van der Waals surface area contributed by atoms with Crippen LogP contribution in [0.3, 0.4) is 0 Å². The highest BCUT2D eigenvalue weighted by Gasteiger charge is 2.39. The first kappa shape index (κ1) is 15.6. The average molecular weight is 288 g/mol. The van der Waals surface area contributed by atoms with Crippen LogP contribution in [0.5, 0.6) is 5.75 Å². The van der Waals surface area contributed by atoms with E-state index in [2.05, 4.69) is 24.5 Å². The van der Waals surface area contributed by atoms with Gasteiger partial charge in [-0.3, -0.25) is 10.1 Å². The van der Waals surface area contributed by atoms with E-state index in [1.54, 1.807) is 7.11 Å². The number of rotatable bonds is 4. The molecule has 1 amide bonds. The normalized spacial score (nSPS) is 19.0. The molecule has 4 nitrogen and oxygen atoms in total. The SMILES string of the molecule is COc1ccc(CNC(=O)C2=CC(C)(C)NC2(C)C)cc1. The molecule has 0 saturated heterocycles. The van der Waals surface area contributed by atoms with E-state index in [4.69, 9.17) is 4.74 Å². The van der Waals surface area contributed by atoms with Gasteiger partial charge in [0.05, 0.1) is 7.11 Å². The Kier molecular flexibility index (Phi) is 4.10. The molecule has 1 heterocycles. The number of nitrogens with one attached hydrogen (secondary N) is 2. The van der Waals surface area contributed by atoms with Gasteiger partial charge in [0, 0.05) is 23.2 Å². The lowest BCUT2D eigenvalue weighted by atomic mass is 9.96. The summed E-state index contributed by atoms with van der Waals surface area (Å²) in [6.07, 6.45) is 2.01. The van der Waals surface area contributed by atoms with E-state index in [1.807, 2.05) is 44.2 Å². The fraction of sp³-hybridized carbons (Fsp3) is 0.471. The van der Waals surface area contributed by atoms with Crippen molar-refractivity contribution in [1.29, 1.82) is 0 Å². The molecule has 0 spiro atoms. The second-order valence-corrected chi connectivity index (χ2v) is 6.56. The van der Waals surface area contributed by atoms with Crippen LogP contribution in [0.25, 0.3) is 0 Å². The van der Waals surface area contributed by atoms with E-state index in [9.17, 15) is 4.79 Å². The molecule has 0 fully saturated rings. The van der Waals surface area contributed by atoms with Crippen molar-refractivity contribution in [3.8, 4) is 5.75 Å². The quantitative estimate of drug-likeness (QED) is 0.894. The van der Waals surface area contributed by atoms with E-state index in [-0.39, 0.29) is 17.0 Å². The molecule has 2 N–H and O–H groups in total. The second-order valence-electron chi connectivity index (χ2n) is 6.56. The lowest BCUT2D eigenvalue weighted by molar-refractivity contribution is -0.118. The minimum Gasteiger partial charge on any atom is -0.497 e. The van der Waals surface area contributed by atoms with Crippen LogP contribution in [-0.2, 0) is 11.3 Å². The van der Waals surface area contributed by atoms with E-state index < -0.39 is 0 Å². The van der Waals surface area contributed by atoms with Gasteiger partial charge in [-0.05, 0) is 45.4 Å². The van der Waals surface area contributed by atoms with Gasteiger partial charge >= 0.3 is 0 Å². The molecule has 0 saturated carbocycles. The number of methoxy groups -OCH3 is 1. The average Bonchev–Trinajstić information content (AvgIpc) is 2.64. The molecule has 114 valence electrons. The zero-order valence-corrected chi connectivity index (χ0v) is 13.4. The van der Waals surface area contributed by atoms with Gasteiger partial charge in [-0.25, -0.2) is 0 Å². The van der Waals surface area contributed by atoms with Crippen molar-refractivity contribution >= 4 is 5.91 Å². The topological polar surface area (TPSA) is 50.4 Å².